The van der Waals surface area contributed by atoms with Gasteiger partial charge in [0.15, 0.2) is 0 Å². The van der Waals surface area contributed by atoms with E-state index in [2.05, 4.69) is 21.1 Å². The minimum atomic E-state index is -3.62. The molecule has 0 radical (unpaired) electrons. The lowest BCUT2D eigenvalue weighted by Gasteiger charge is -2.14. The fourth-order valence-electron chi connectivity index (χ4n) is 3.35. The Hall–Kier alpha value is -2.67. The normalized spacial score (nSPS) is 16.8. The number of rotatable bonds is 8. The van der Waals surface area contributed by atoms with Crippen molar-refractivity contribution < 1.29 is 13.2 Å². The van der Waals surface area contributed by atoms with E-state index in [1.165, 1.54) is 11.1 Å². The van der Waals surface area contributed by atoms with Crippen LogP contribution in [0.25, 0.3) is 0 Å². The molecule has 154 valence electrons. The van der Waals surface area contributed by atoms with Gasteiger partial charge in [-0.3, -0.25) is 14.5 Å². The average molecular weight is 414 g/mol. The van der Waals surface area contributed by atoms with E-state index in [9.17, 15) is 13.2 Å². The summed E-state index contributed by atoms with van der Waals surface area (Å²) in [4.78, 5) is 17.5. The molecule has 1 atom stereocenters. The van der Waals surface area contributed by atoms with Crippen molar-refractivity contribution in [2.45, 2.75) is 50.5 Å². The monoisotopic (exact) mass is 413 g/mol. The molecule has 1 aliphatic heterocycles. The fraction of sp³-hybridized carbons (Fsp3) is 0.364. The van der Waals surface area contributed by atoms with E-state index in [1.54, 1.807) is 24.3 Å². The van der Waals surface area contributed by atoms with Gasteiger partial charge >= 0.3 is 0 Å². The standard InChI is InChI=1S/C22H27N3O3S/c1-3-4-11-19(22(26)23-14-13-17-9-7-8-16(2)15-17)24-21-18-10-5-6-12-20(18)29(27,28)25-21/h5-10,12,15,19H,3-4,11,13-14H2,1-2H3,(H,23,26)(H,24,25). The first-order valence-electron chi connectivity index (χ1n) is 9.94. The van der Waals surface area contributed by atoms with E-state index in [0.29, 0.717) is 18.5 Å². The van der Waals surface area contributed by atoms with E-state index < -0.39 is 16.1 Å². The first kappa shape index (κ1) is 21.0. The fourth-order valence-corrected chi connectivity index (χ4v) is 4.59. The molecule has 1 amide bonds. The Kier molecular flexibility index (Phi) is 6.69. The van der Waals surface area contributed by atoms with E-state index in [4.69, 9.17) is 0 Å². The van der Waals surface area contributed by atoms with Crippen molar-refractivity contribution in [1.82, 2.24) is 10.0 Å². The van der Waals surface area contributed by atoms with Gasteiger partial charge in [-0.05, 0) is 37.5 Å². The molecule has 7 heteroatoms. The van der Waals surface area contributed by atoms with Gasteiger partial charge in [0.2, 0.25) is 5.91 Å². The number of carbonyl (C=O) groups excluding carboxylic acids is 1. The maximum Gasteiger partial charge on any atom is 0.263 e. The lowest BCUT2D eigenvalue weighted by Crippen LogP contribution is -2.36. The van der Waals surface area contributed by atoms with E-state index in [-0.39, 0.29) is 16.6 Å². The maximum atomic E-state index is 12.8. The number of amidine groups is 1. The molecular formula is C22H27N3O3S. The third-order valence-corrected chi connectivity index (χ3v) is 6.27. The molecule has 6 nitrogen and oxygen atoms in total. The molecular weight excluding hydrogens is 386 g/mol. The van der Waals surface area contributed by atoms with Gasteiger partial charge in [0.05, 0.1) is 4.90 Å². The average Bonchev–Trinajstić information content (AvgIpc) is 2.95. The van der Waals surface area contributed by atoms with Gasteiger partial charge in [-0.15, -0.1) is 0 Å². The van der Waals surface area contributed by atoms with Gasteiger partial charge in [-0.1, -0.05) is 61.7 Å². The van der Waals surface area contributed by atoms with Crippen molar-refractivity contribution in [3.05, 3.63) is 65.2 Å². The second kappa shape index (κ2) is 9.22. The summed E-state index contributed by atoms with van der Waals surface area (Å²) in [5.41, 5.74) is 2.87. The first-order chi connectivity index (χ1) is 13.9. The van der Waals surface area contributed by atoms with Crippen LogP contribution in [0.5, 0.6) is 0 Å². The lowest BCUT2D eigenvalue weighted by atomic mass is 10.1. The van der Waals surface area contributed by atoms with Crippen LogP contribution in [-0.2, 0) is 21.2 Å². The smallest absolute Gasteiger partial charge is 0.263 e. The summed E-state index contributed by atoms with van der Waals surface area (Å²) in [6.45, 7) is 4.60. The Bertz CT molecular complexity index is 1020. The van der Waals surface area contributed by atoms with Gasteiger partial charge in [0.1, 0.15) is 11.9 Å². The zero-order valence-corrected chi connectivity index (χ0v) is 17.6. The minimum Gasteiger partial charge on any atom is -0.354 e. The van der Waals surface area contributed by atoms with Crippen LogP contribution in [0.4, 0.5) is 0 Å². The molecule has 0 fully saturated rings. The second-order valence-corrected chi connectivity index (χ2v) is 8.92. The summed E-state index contributed by atoms with van der Waals surface area (Å²) in [5.74, 6) is 0.0673. The molecule has 3 rings (SSSR count). The topological polar surface area (TPSA) is 87.6 Å². The van der Waals surface area contributed by atoms with Crippen LogP contribution in [0.1, 0.15) is 42.9 Å². The molecule has 2 N–H and O–H groups in total. The molecule has 0 aromatic heterocycles. The number of hydrogen-bond donors (Lipinski definition) is 2. The number of carbonyl (C=O) groups is 1. The van der Waals surface area contributed by atoms with Crippen molar-refractivity contribution in [2.24, 2.45) is 4.99 Å². The van der Waals surface area contributed by atoms with Crippen molar-refractivity contribution in [2.75, 3.05) is 6.54 Å². The van der Waals surface area contributed by atoms with E-state index in [1.807, 2.05) is 32.0 Å². The summed E-state index contributed by atoms with van der Waals surface area (Å²) in [6.07, 6.45) is 3.07. The molecule has 0 aliphatic carbocycles. The Morgan fingerprint density at radius 3 is 2.72 bits per heavy atom. The molecule has 0 bridgehead atoms. The molecule has 29 heavy (non-hydrogen) atoms. The van der Waals surface area contributed by atoms with Gasteiger partial charge in [-0.2, -0.15) is 0 Å². The van der Waals surface area contributed by atoms with Crippen LogP contribution in [0.3, 0.4) is 0 Å². The number of aryl methyl sites for hydroxylation is 1. The van der Waals surface area contributed by atoms with Gasteiger partial charge in [-0.25, -0.2) is 8.42 Å². The quantitative estimate of drug-likeness (QED) is 0.697. The maximum absolute atomic E-state index is 12.8. The molecule has 2 aromatic carbocycles. The number of aliphatic imine (C=N–C) groups is 1. The highest BCUT2D eigenvalue weighted by Gasteiger charge is 2.31. The number of nitrogens with zero attached hydrogens (tertiary/aromatic N) is 1. The Morgan fingerprint density at radius 2 is 1.97 bits per heavy atom. The van der Waals surface area contributed by atoms with Crippen molar-refractivity contribution in [3.63, 3.8) is 0 Å². The summed E-state index contributed by atoms with van der Waals surface area (Å²) in [5, 5.41) is 2.96. The van der Waals surface area contributed by atoms with Crippen LogP contribution < -0.4 is 10.0 Å². The molecule has 0 spiro atoms. The molecule has 1 heterocycles. The number of nitrogens with one attached hydrogen (secondary N) is 2. The molecule has 0 saturated carbocycles. The zero-order valence-electron chi connectivity index (χ0n) is 16.8. The number of benzene rings is 2. The van der Waals surface area contributed by atoms with E-state index in [0.717, 1.165) is 19.3 Å². The molecule has 2 aromatic rings. The first-order valence-corrected chi connectivity index (χ1v) is 11.4. The highest BCUT2D eigenvalue weighted by molar-refractivity contribution is 7.90. The van der Waals surface area contributed by atoms with Crippen molar-refractivity contribution in [3.8, 4) is 0 Å². The van der Waals surface area contributed by atoms with Gasteiger partial charge < -0.3 is 5.32 Å². The van der Waals surface area contributed by atoms with Gasteiger partial charge in [0, 0.05) is 12.1 Å². The van der Waals surface area contributed by atoms with Crippen LogP contribution >= 0.6 is 0 Å². The third kappa shape index (κ3) is 5.23. The third-order valence-electron chi connectivity index (χ3n) is 4.88. The highest BCUT2D eigenvalue weighted by Crippen LogP contribution is 2.23. The van der Waals surface area contributed by atoms with Crippen LogP contribution in [0.15, 0.2) is 58.4 Å². The Labute approximate surface area is 172 Å². The predicted octanol–water partition coefficient (Wildman–Crippen LogP) is 2.95. The van der Waals surface area contributed by atoms with E-state index >= 15 is 0 Å². The Morgan fingerprint density at radius 1 is 1.17 bits per heavy atom. The molecule has 1 unspecified atom stereocenters. The van der Waals surface area contributed by atoms with Crippen molar-refractivity contribution >= 4 is 21.8 Å². The minimum absolute atomic E-state index is 0.179. The summed E-state index contributed by atoms with van der Waals surface area (Å²) in [7, 11) is -3.62. The largest absolute Gasteiger partial charge is 0.354 e. The van der Waals surface area contributed by atoms with Crippen LogP contribution in [-0.4, -0.2) is 32.7 Å². The number of hydrogen-bond acceptors (Lipinski definition) is 4. The van der Waals surface area contributed by atoms with Crippen LogP contribution in [0.2, 0.25) is 0 Å². The highest BCUT2D eigenvalue weighted by atomic mass is 32.2. The zero-order chi connectivity index (χ0) is 20.9. The van der Waals surface area contributed by atoms with Crippen LogP contribution in [0, 0.1) is 6.92 Å². The number of fused-ring (bicyclic) bond motifs is 1. The number of amides is 1. The summed E-state index contributed by atoms with van der Waals surface area (Å²) >= 11 is 0. The lowest BCUT2D eigenvalue weighted by molar-refractivity contribution is -0.122. The van der Waals surface area contributed by atoms with Gasteiger partial charge in [0.25, 0.3) is 10.0 Å². The number of sulfonamides is 1. The molecule has 0 saturated heterocycles. The summed E-state index contributed by atoms with van der Waals surface area (Å²) in [6, 6.07) is 14.3. The number of unbranched alkanes of at least 4 members (excludes halogenated alkanes) is 1. The SMILES string of the molecule is CCCCC(N=C1NS(=O)(=O)c2ccccc21)C(=O)NCCc1cccc(C)c1. The Balaban J connectivity index is 1.72. The predicted molar refractivity (Wildman–Crippen MR) is 115 cm³/mol. The second-order valence-electron chi connectivity index (χ2n) is 7.27. The summed E-state index contributed by atoms with van der Waals surface area (Å²) < 4.78 is 27.1. The van der Waals surface area contributed by atoms with Crippen molar-refractivity contribution in [1.29, 1.82) is 0 Å². The molecule has 1 aliphatic rings.